The lowest BCUT2D eigenvalue weighted by atomic mass is 9.80. The minimum absolute atomic E-state index is 0.0562. The second kappa shape index (κ2) is 24.0. The van der Waals surface area contributed by atoms with Gasteiger partial charge in [0.1, 0.15) is 65.2 Å². The van der Waals surface area contributed by atoms with Crippen LogP contribution in [0, 0.1) is 35.8 Å². The minimum Gasteiger partial charge on any atom is -0.744 e. The molecule has 7 aromatic rings. The normalized spacial score (nSPS) is 15.2. The van der Waals surface area contributed by atoms with Crippen LogP contribution in [-0.4, -0.2) is 88.7 Å². The van der Waals surface area contributed by atoms with Gasteiger partial charge in [-0.25, -0.2) is 46.6 Å². The number of fused-ring (bicyclic) bond motifs is 6. The van der Waals surface area contributed by atoms with E-state index in [9.17, 15) is 46.1 Å². The number of hydrogen-bond acceptors (Lipinski definition) is 15. The van der Waals surface area contributed by atoms with Gasteiger partial charge in [0.05, 0.1) is 62.7 Å². The number of carbonyl (C=O) groups excluding carboxylic acids is 2. The third-order valence-corrected chi connectivity index (χ3v) is 16.0. The lowest BCUT2D eigenvalue weighted by molar-refractivity contribution is -0.399. The first-order valence-corrected chi connectivity index (χ1v) is 28.3. The van der Waals surface area contributed by atoms with Crippen molar-refractivity contribution in [2.75, 3.05) is 45.4 Å². The zero-order chi connectivity index (χ0) is 60.0. The van der Waals surface area contributed by atoms with E-state index in [1.54, 1.807) is 12.1 Å². The summed E-state index contributed by atoms with van der Waals surface area (Å²) in [6.07, 6.45) is 6.88. The van der Waals surface area contributed by atoms with E-state index in [-0.39, 0.29) is 32.8 Å². The summed E-state index contributed by atoms with van der Waals surface area (Å²) in [4.78, 5) is 31.9. The highest BCUT2D eigenvalue weighted by Gasteiger charge is 2.44. The fraction of sp³-hybridized carbons (Fsp3) is 0.190. The molecule has 9 rings (SSSR count). The molecule has 0 fully saturated rings. The molecule has 2 aliphatic heterocycles. The Labute approximate surface area is 479 Å². The minimum atomic E-state index is -4.99. The van der Waals surface area contributed by atoms with E-state index in [0.717, 1.165) is 36.4 Å². The van der Waals surface area contributed by atoms with Gasteiger partial charge in [-0.15, -0.1) is 0 Å². The Balaban J connectivity index is 0.000000226. The molecular weight excluding hydrogens is 1100 g/mol. The molecule has 83 heavy (non-hydrogen) atoms. The van der Waals surface area contributed by atoms with E-state index in [1.165, 1.54) is 79.7 Å². The summed E-state index contributed by atoms with van der Waals surface area (Å²) in [5.41, 5.74) is 5.92. The average molecular weight is 1150 g/mol. The predicted octanol–water partition coefficient (Wildman–Crippen LogP) is 8.94. The highest BCUT2D eigenvalue weighted by Crippen LogP contribution is 2.50. The monoisotopic (exact) mass is 1150 g/mol. The summed E-state index contributed by atoms with van der Waals surface area (Å²) in [5.74, 6) is -2.75. The highest BCUT2D eigenvalue weighted by atomic mass is 32.2. The van der Waals surface area contributed by atoms with E-state index in [0.29, 0.717) is 0 Å². The Morgan fingerprint density at radius 2 is 1.08 bits per heavy atom. The summed E-state index contributed by atoms with van der Waals surface area (Å²) >= 11 is 0. The number of rotatable bonds is 14. The first kappa shape index (κ1) is 59.2. The molecule has 0 N–H and O–H groups in total. The second-order valence-corrected chi connectivity index (χ2v) is 22.6. The third kappa shape index (κ3) is 12.0. The molecule has 0 atom stereocenters. The van der Waals surface area contributed by atoms with Crippen molar-refractivity contribution in [1.82, 2.24) is 0 Å². The first-order valence-electron chi connectivity index (χ1n) is 25.4. The van der Waals surface area contributed by atoms with Crippen LogP contribution in [0.1, 0.15) is 59.5 Å². The molecule has 418 valence electrons. The molecule has 0 spiro atoms. The van der Waals surface area contributed by atoms with Crippen LogP contribution in [-0.2, 0) is 40.5 Å². The van der Waals surface area contributed by atoms with Crippen molar-refractivity contribution < 1.29 is 59.1 Å². The number of ether oxygens (including phenoxy) is 4. The van der Waals surface area contributed by atoms with Crippen molar-refractivity contribution in [3.63, 3.8) is 0 Å². The molecule has 0 radical (unpaired) electrons. The van der Waals surface area contributed by atoms with Gasteiger partial charge in [-0.2, -0.15) is 4.58 Å². The van der Waals surface area contributed by atoms with Gasteiger partial charge in [0.15, 0.2) is 5.71 Å². The molecule has 7 aromatic carbocycles. The summed E-state index contributed by atoms with van der Waals surface area (Å²) in [6.45, 7) is 22.2. The highest BCUT2D eigenvalue weighted by molar-refractivity contribution is 7.86. The number of nitrogens with zero attached hydrogens (tertiary/aromatic N) is 6. The fourth-order valence-corrected chi connectivity index (χ4v) is 11.7. The van der Waals surface area contributed by atoms with Gasteiger partial charge >= 0.3 is 11.9 Å². The maximum atomic E-state index is 12.4. The topological polar surface area (TPSA) is 248 Å². The Morgan fingerprint density at radius 1 is 0.639 bits per heavy atom. The van der Waals surface area contributed by atoms with Crippen molar-refractivity contribution >= 4 is 82.2 Å². The maximum Gasteiger partial charge on any atom is 0.339 e. The zero-order valence-corrected chi connectivity index (χ0v) is 47.3. The van der Waals surface area contributed by atoms with Crippen LogP contribution in [0.15, 0.2) is 167 Å². The quantitative estimate of drug-likeness (QED) is 0.0324. The second-order valence-electron chi connectivity index (χ2n) is 19.9. The van der Waals surface area contributed by atoms with Crippen LogP contribution in [0.3, 0.4) is 0 Å². The van der Waals surface area contributed by atoms with Crippen molar-refractivity contribution in [3.8, 4) is 23.6 Å². The molecule has 0 bridgehead atoms. The molecule has 2 aliphatic rings. The largest absolute Gasteiger partial charge is 0.744 e. The Bertz CT molecular complexity index is 4290. The molecule has 0 aliphatic carbocycles. The average Bonchev–Trinajstić information content (AvgIpc) is 2.19. The number of allylic oxidation sites excluding steroid dienone is 4. The summed E-state index contributed by atoms with van der Waals surface area (Å²) in [5, 5.41) is 23.9. The smallest absolute Gasteiger partial charge is 0.339 e. The zero-order valence-electron chi connectivity index (χ0n) is 45.7. The molecule has 20 heteroatoms. The van der Waals surface area contributed by atoms with Gasteiger partial charge < -0.3 is 33.0 Å². The number of likely N-dealkylation sites (N-methyl/N-ethyl adjacent to an activating group) is 1. The van der Waals surface area contributed by atoms with Crippen molar-refractivity contribution in [2.24, 2.45) is 0 Å². The molecule has 0 saturated heterocycles. The third-order valence-electron chi connectivity index (χ3n) is 14.3. The molecule has 18 nitrogen and oxygen atoms in total. The van der Waals surface area contributed by atoms with Gasteiger partial charge in [0.2, 0.25) is 5.69 Å². The number of hydrogen-bond donors (Lipinski definition) is 0. The van der Waals surface area contributed by atoms with Crippen molar-refractivity contribution in [2.45, 2.75) is 48.3 Å². The van der Waals surface area contributed by atoms with E-state index < -0.39 is 90.9 Å². The van der Waals surface area contributed by atoms with E-state index >= 15 is 0 Å². The van der Waals surface area contributed by atoms with Crippen LogP contribution >= 0.6 is 0 Å². The van der Waals surface area contributed by atoms with Crippen molar-refractivity contribution in [1.29, 1.82) is 10.5 Å². The van der Waals surface area contributed by atoms with Gasteiger partial charge in [-0.1, -0.05) is 111 Å². The SMILES string of the molecule is CN1/C(=C\C=C\C2=[N+](C)c3c(ccc4ccccc34)C2(C)C)C(C)(C)c2ccc3ccccc3c21.[C-]#[N+]/C(C#N)=c1/cc(OCCOC(=O)c2ccccc2S(=O)(=O)[O-])/c(=C(\C#N)[N+]#[C-])cc1OCCOC(=O)c1ccccc1S(=O)(=O)[O-]. The lowest BCUT2D eigenvalue weighted by Gasteiger charge is -2.23. The molecule has 0 aromatic heterocycles. The Morgan fingerprint density at radius 3 is 1.57 bits per heavy atom. The number of carbonyl (C=O) groups is 2. The van der Waals surface area contributed by atoms with E-state index in [1.807, 2.05) is 0 Å². The predicted molar refractivity (Wildman–Crippen MR) is 308 cm³/mol. The molecule has 0 amide bonds. The molecule has 0 saturated carbocycles. The van der Waals surface area contributed by atoms with Gasteiger partial charge in [-0.05, 0) is 78.7 Å². The molecular formula is C63H51N6O12S2-. The van der Waals surface area contributed by atoms with E-state index in [4.69, 9.17) is 32.1 Å². The molecule has 2 heterocycles. The van der Waals surface area contributed by atoms with Gasteiger partial charge in [0, 0.05) is 45.6 Å². The van der Waals surface area contributed by atoms with Crippen LogP contribution < -0.4 is 24.8 Å². The van der Waals surface area contributed by atoms with Crippen LogP contribution in [0.2, 0.25) is 0 Å². The van der Waals surface area contributed by atoms with Crippen LogP contribution in [0.4, 0.5) is 11.4 Å². The van der Waals surface area contributed by atoms with Crippen LogP contribution in [0.5, 0.6) is 11.5 Å². The summed E-state index contributed by atoms with van der Waals surface area (Å²) in [6, 6.07) is 41.2. The number of benzene rings is 7. The number of esters is 2. The number of anilines is 1. The standard InChI is InChI=1S/C33H33N2.C30H20N4O12S2/c1-32(2)26-20-18-22-12-7-9-14-24(22)30(26)34(5)28(32)16-11-17-29-33(3,4)27-21-19-23-13-8-10-15-25(23)31(27)35(29)6;1-33-23(17-31)21-15-26(44-12-14-46-30(36)20-8-4-6-10-28(20)48(40,41)42)22(24(18-32)34-2)16-25(21)43-11-13-45-29(35)19-7-3-5-9-27(19)47(37,38)39/h7-21H,1-6H3;3-10,15-16H,11-14H2,(H,37,38,39)(H,40,41,42)/q+1;/p-2/b;23-21-,24-22+. The van der Waals surface area contributed by atoms with Crippen LogP contribution in [0.25, 0.3) is 42.6 Å². The van der Waals surface area contributed by atoms with E-state index in [2.05, 4.69) is 152 Å². The Kier molecular flexibility index (Phi) is 17.1. The van der Waals surface area contributed by atoms with Gasteiger partial charge in [-0.3, -0.25) is 0 Å². The van der Waals surface area contributed by atoms with Crippen molar-refractivity contribution in [3.05, 3.63) is 213 Å². The Hall–Kier alpha value is -9.93. The number of nitriles is 2. The maximum absolute atomic E-state index is 12.4. The lowest BCUT2D eigenvalue weighted by Crippen LogP contribution is -2.26. The summed E-state index contributed by atoms with van der Waals surface area (Å²) in [7, 11) is -5.57. The molecule has 0 unspecified atom stereocenters. The van der Waals surface area contributed by atoms with Gasteiger partial charge in [0.25, 0.3) is 11.4 Å². The first-order chi connectivity index (χ1) is 39.5. The summed E-state index contributed by atoms with van der Waals surface area (Å²) < 4.78 is 92.3. The fourth-order valence-electron chi connectivity index (χ4n) is 10.4.